The average molecular weight is 259 g/mol. The molecule has 0 bridgehead atoms. The monoisotopic (exact) mass is 258 g/mol. The number of aromatic nitrogens is 1. The van der Waals surface area contributed by atoms with E-state index < -0.39 is 0 Å². The zero-order chi connectivity index (χ0) is 12.5. The molecule has 92 valence electrons. The van der Waals surface area contributed by atoms with Crippen molar-refractivity contribution in [2.75, 3.05) is 5.32 Å². The maximum absolute atomic E-state index is 5.90. The molecule has 3 rings (SSSR count). The molecule has 2 aromatic rings. The number of anilines is 1. The lowest BCUT2D eigenvalue weighted by molar-refractivity contribution is 0.761. The summed E-state index contributed by atoms with van der Waals surface area (Å²) in [6, 6.07) is 10.9. The number of fused-ring (bicyclic) bond motifs is 1. The normalized spacial score (nSPS) is 17.6. The molecule has 0 spiro atoms. The van der Waals surface area contributed by atoms with Crippen LogP contribution in [0.3, 0.4) is 0 Å². The van der Waals surface area contributed by atoms with E-state index in [1.165, 1.54) is 16.7 Å². The minimum atomic E-state index is 0.387. The fourth-order valence-electron chi connectivity index (χ4n) is 2.57. The van der Waals surface area contributed by atoms with Gasteiger partial charge in [-0.05, 0) is 43.0 Å². The van der Waals surface area contributed by atoms with Crippen LogP contribution in [0.15, 0.2) is 36.5 Å². The van der Waals surface area contributed by atoms with Crippen molar-refractivity contribution in [3.05, 3.63) is 58.4 Å². The summed E-state index contributed by atoms with van der Waals surface area (Å²) in [4.78, 5) is 4.00. The Morgan fingerprint density at radius 3 is 3.00 bits per heavy atom. The molecule has 1 aliphatic carbocycles. The van der Waals surface area contributed by atoms with Crippen LogP contribution in [0.1, 0.15) is 29.2 Å². The van der Waals surface area contributed by atoms with E-state index in [4.69, 9.17) is 11.6 Å². The molecule has 0 radical (unpaired) electrons. The van der Waals surface area contributed by atoms with Crippen molar-refractivity contribution >= 4 is 17.3 Å². The topological polar surface area (TPSA) is 24.9 Å². The Labute approximate surface area is 112 Å². The SMILES string of the molecule is Cc1ccc2c(c1)C(Nc1ccnc(Cl)c1)CC2. The summed E-state index contributed by atoms with van der Waals surface area (Å²) in [6.45, 7) is 2.14. The van der Waals surface area contributed by atoms with Gasteiger partial charge in [0.15, 0.2) is 0 Å². The molecule has 0 saturated carbocycles. The molecule has 2 nitrogen and oxygen atoms in total. The standard InChI is InChI=1S/C15H15ClN2/c1-10-2-3-11-4-5-14(13(11)8-10)18-12-6-7-17-15(16)9-12/h2-3,6-9,14H,4-5H2,1H3,(H,17,18). The smallest absolute Gasteiger partial charge is 0.131 e. The van der Waals surface area contributed by atoms with Crippen LogP contribution >= 0.6 is 11.6 Å². The van der Waals surface area contributed by atoms with Gasteiger partial charge in [-0.15, -0.1) is 0 Å². The first kappa shape index (κ1) is 11.5. The molecule has 0 amide bonds. The summed E-state index contributed by atoms with van der Waals surface area (Å²) in [7, 11) is 0. The number of rotatable bonds is 2. The molecule has 1 unspecified atom stereocenters. The number of nitrogens with one attached hydrogen (secondary N) is 1. The zero-order valence-corrected chi connectivity index (χ0v) is 11.0. The van der Waals surface area contributed by atoms with E-state index in [0.717, 1.165) is 18.5 Å². The van der Waals surface area contributed by atoms with Gasteiger partial charge >= 0.3 is 0 Å². The summed E-state index contributed by atoms with van der Waals surface area (Å²) >= 11 is 5.90. The fraction of sp³-hybridized carbons (Fsp3) is 0.267. The van der Waals surface area contributed by atoms with Gasteiger partial charge in [-0.1, -0.05) is 35.4 Å². The highest BCUT2D eigenvalue weighted by atomic mass is 35.5. The van der Waals surface area contributed by atoms with Crippen LogP contribution in [0.4, 0.5) is 5.69 Å². The molecule has 1 aromatic carbocycles. The van der Waals surface area contributed by atoms with Crippen molar-refractivity contribution in [3.63, 3.8) is 0 Å². The number of halogens is 1. The van der Waals surface area contributed by atoms with Crippen LogP contribution in [-0.2, 0) is 6.42 Å². The largest absolute Gasteiger partial charge is 0.378 e. The van der Waals surface area contributed by atoms with Gasteiger partial charge < -0.3 is 5.32 Å². The van der Waals surface area contributed by atoms with E-state index in [0.29, 0.717) is 11.2 Å². The Hall–Kier alpha value is -1.54. The van der Waals surface area contributed by atoms with E-state index >= 15 is 0 Å². The number of nitrogens with zero attached hydrogens (tertiary/aromatic N) is 1. The minimum Gasteiger partial charge on any atom is -0.378 e. The van der Waals surface area contributed by atoms with Crippen molar-refractivity contribution in [3.8, 4) is 0 Å². The van der Waals surface area contributed by atoms with Gasteiger partial charge in [-0.25, -0.2) is 4.98 Å². The van der Waals surface area contributed by atoms with Crippen LogP contribution in [0.5, 0.6) is 0 Å². The number of hydrogen-bond donors (Lipinski definition) is 1. The molecule has 0 aliphatic heterocycles. The summed E-state index contributed by atoms with van der Waals surface area (Å²) in [6.07, 6.45) is 4.02. The first-order chi connectivity index (χ1) is 8.72. The van der Waals surface area contributed by atoms with Gasteiger partial charge in [0, 0.05) is 11.9 Å². The van der Waals surface area contributed by atoms with Gasteiger partial charge in [0.25, 0.3) is 0 Å². The van der Waals surface area contributed by atoms with Gasteiger partial charge in [0.1, 0.15) is 5.15 Å². The lowest BCUT2D eigenvalue weighted by Gasteiger charge is -2.16. The van der Waals surface area contributed by atoms with E-state index in [1.807, 2.05) is 12.1 Å². The molecule has 1 aromatic heterocycles. The molecule has 0 saturated heterocycles. The molecular weight excluding hydrogens is 244 g/mol. The predicted molar refractivity (Wildman–Crippen MR) is 75.1 cm³/mol. The Morgan fingerprint density at radius 2 is 2.17 bits per heavy atom. The third-order valence-electron chi connectivity index (χ3n) is 3.45. The van der Waals surface area contributed by atoms with Gasteiger partial charge in [0.2, 0.25) is 0 Å². The average Bonchev–Trinajstić information content (AvgIpc) is 2.72. The van der Waals surface area contributed by atoms with Gasteiger partial charge in [-0.3, -0.25) is 0 Å². The Morgan fingerprint density at radius 1 is 1.28 bits per heavy atom. The van der Waals surface area contributed by atoms with Crippen LogP contribution in [-0.4, -0.2) is 4.98 Å². The van der Waals surface area contributed by atoms with Gasteiger partial charge in [-0.2, -0.15) is 0 Å². The molecule has 18 heavy (non-hydrogen) atoms. The quantitative estimate of drug-likeness (QED) is 0.819. The van der Waals surface area contributed by atoms with Crippen LogP contribution < -0.4 is 5.32 Å². The van der Waals surface area contributed by atoms with Crippen molar-refractivity contribution in [2.45, 2.75) is 25.8 Å². The molecule has 1 heterocycles. The van der Waals surface area contributed by atoms with Crippen molar-refractivity contribution in [2.24, 2.45) is 0 Å². The van der Waals surface area contributed by atoms with E-state index in [9.17, 15) is 0 Å². The second kappa shape index (κ2) is 4.62. The fourth-order valence-corrected chi connectivity index (χ4v) is 2.74. The number of aryl methyl sites for hydroxylation is 2. The zero-order valence-electron chi connectivity index (χ0n) is 10.3. The third kappa shape index (κ3) is 2.21. The summed E-state index contributed by atoms with van der Waals surface area (Å²) < 4.78 is 0. The highest BCUT2D eigenvalue weighted by Gasteiger charge is 2.22. The van der Waals surface area contributed by atoms with Crippen LogP contribution in [0.25, 0.3) is 0 Å². The third-order valence-corrected chi connectivity index (χ3v) is 3.65. The molecule has 1 N–H and O–H groups in total. The van der Waals surface area contributed by atoms with Crippen molar-refractivity contribution < 1.29 is 0 Å². The second-order valence-electron chi connectivity index (χ2n) is 4.81. The first-order valence-corrected chi connectivity index (χ1v) is 6.58. The number of pyridine rings is 1. The molecule has 3 heteroatoms. The summed E-state index contributed by atoms with van der Waals surface area (Å²) in [5.41, 5.74) is 5.23. The van der Waals surface area contributed by atoms with Crippen molar-refractivity contribution in [1.82, 2.24) is 4.98 Å². The van der Waals surface area contributed by atoms with E-state index in [2.05, 4.69) is 35.4 Å². The van der Waals surface area contributed by atoms with Crippen LogP contribution in [0, 0.1) is 6.92 Å². The maximum Gasteiger partial charge on any atom is 0.131 e. The summed E-state index contributed by atoms with van der Waals surface area (Å²) in [5.74, 6) is 0. The minimum absolute atomic E-state index is 0.387. The Balaban J connectivity index is 1.86. The molecule has 1 aliphatic rings. The van der Waals surface area contributed by atoms with Gasteiger partial charge in [0.05, 0.1) is 6.04 Å². The second-order valence-corrected chi connectivity index (χ2v) is 5.19. The number of benzene rings is 1. The Bertz CT molecular complexity index is 580. The van der Waals surface area contributed by atoms with Crippen LogP contribution in [0.2, 0.25) is 5.15 Å². The molecular formula is C15H15ClN2. The lowest BCUT2D eigenvalue weighted by atomic mass is 10.0. The molecule has 1 atom stereocenters. The maximum atomic E-state index is 5.90. The molecule has 0 fully saturated rings. The highest BCUT2D eigenvalue weighted by molar-refractivity contribution is 6.29. The van der Waals surface area contributed by atoms with Crippen molar-refractivity contribution in [1.29, 1.82) is 0 Å². The predicted octanol–water partition coefficient (Wildman–Crippen LogP) is 4.14. The van der Waals surface area contributed by atoms with E-state index in [-0.39, 0.29) is 0 Å². The number of hydrogen-bond acceptors (Lipinski definition) is 2. The summed E-state index contributed by atoms with van der Waals surface area (Å²) in [5, 5.41) is 4.07. The Kier molecular flexibility index (Phi) is 2.96. The highest BCUT2D eigenvalue weighted by Crippen LogP contribution is 2.34. The first-order valence-electron chi connectivity index (χ1n) is 6.20. The lowest BCUT2D eigenvalue weighted by Crippen LogP contribution is -2.07. The van der Waals surface area contributed by atoms with E-state index in [1.54, 1.807) is 6.20 Å².